The summed E-state index contributed by atoms with van der Waals surface area (Å²) >= 11 is 0. The molecule has 1 fully saturated rings. The lowest BCUT2D eigenvalue weighted by Crippen LogP contribution is -2.49. The quantitative estimate of drug-likeness (QED) is 0.942. The van der Waals surface area contributed by atoms with Crippen molar-refractivity contribution in [3.63, 3.8) is 0 Å². The van der Waals surface area contributed by atoms with E-state index in [1.165, 1.54) is 0 Å². The summed E-state index contributed by atoms with van der Waals surface area (Å²) in [5, 5.41) is 4.63. The summed E-state index contributed by atoms with van der Waals surface area (Å²) in [6.07, 6.45) is 0.976. The summed E-state index contributed by atoms with van der Waals surface area (Å²) in [7, 11) is 1.65. The van der Waals surface area contributed by atoms with Crippen LogP contribution in [0, 0.1) is 5.92 Å². The van der Waals surface area contributed by atoms with E-state index in [2.05, 4.69) is 18.3 Å². The van der Waals surface area contributed by atoms with Gasteiger partial charge in [-0.15, -0.1) is 0 Å². The monoisotopic (exact) mass is 316 g/mol. The van der Waals surface area contributed by atoms with E-state index in [0.29, 0.717) is 18.5 Å². The molecular weight excluding hydrogens is 292 g/mol. The van der Waals surface area contributed by atoms with Crippen LogP contribution in [0.5, 0.6) is 5.75 Å². The average molecular weight is 316 g/mol. The number of carbonyl (C=O) groups is 1. The van der Waals surface area contributed by atoms with E-state index in [1.807, 2.05) is 23.1 Å². The molecule has 2 heterocycles. The Labute approximate surface area is 136 Å². The predicted molar refractivity (Wildman–Crippen MR) is 89.4 cm³/mol. The SMILES string of the molecule is COc1cccc2cc(CNC3CCN(C(C)=O)CC3C)oc12. The highest BCUT2D eigenvalue weighted by Gasteiger charge is 2.27. The molecule has 0 saturated carbocycles. The maximum absolute atomic E-state index is 11.5. The molecule has 0 aliphatic carbocycles. The molecule has 2 aromatic rings. The van der Waals surface area contributed by atoms with Crippen molar-refractivity contribution >= 4 is 16.9 Å². The Balaban J connectivity index is 1.64. The standard InChI is InChI=1S/C18H24N2O3/c1-12-11-20(13(2)21)8-7-16(12)19-10-15-9-14-5-4-6-17(22-3)18(14)23-15/h4-6,9,12,16,19H,7-8,10-11H2,1-3H3. The fraction of sp³-hybridized carbons (Fsp3) is 0.500. The molecule has 23 heavy (non-hydrogen) atoms. The molecule has 2 unspecified atom stereocenters. The number of hydrogen-bond donors (Lipinski definition) is 1. The van der Waals surface area contributed by atoms with E-state index in [1.54, 1.807) is 14.0 Å². The number of methoxy groups -OCH3 is 1. The number of benzene rings is 1. The second-order valence-electron chi connectivity index (χ2n) is 6.31. The number of hydrogen-bond acceptors (Lipinski definition) is 4. The molecular formula is C18H24N2O3. The van der Waals surface area contributed by atoms with E-state index < -0.39 is 0 Å². The number of piperidine rings is 1. The first-order valence-corrected chi connectivity index (χ1v) is 8.13. The van der Waals surface area contributed by atoms with Crippen LogP contribution in [0.15, 0.2) is 28.7 Å². The molecule has 5 nitrogen and oxygen atoms in total. The van der Waals surface area contributed by atoms with Crippen LogP contribution in [0.3, 0.4) is 0 Å². The van der Waals surface area contributed by atoms with E-state index in [-0.39, 0.29) is 5.91 Å². The van der Waals surface area contributed by atoms with Crippen LogP contribution in [0.2, 0.25) is 0 Å². The molecule has 1 aromatic carbocycles. The number of nitrogens with one attached hydrogen (secondary N) is 1. The third-order valence-corrected chi connectivity index (χ3v) is 4.67. The highest BCUT2D eigenvalue weighted by Crippen LogP contribution is 2.28. The lowest BCUT2D eigenvalue weighted by Gasteiger charge is -2.36. The lowest BCUT2D eigenvalue weighted by atomic mass is 9.94. The van der Waals surface area contributed by atoms with Crippen LogP contribution >= 0.6 is 0 Å². The van der Waals surface area contributed by atoms with Gasteiger partial charge in [-0.25, -0.2) is 0 Å². The van der Waals surface area contributed by atoms with Crippen molar-refractivity contribution in [1.82, 2.24) is 10.2 Å². The summed E-state index contributed by atoms with van der Waals surface area (Å²) in [6, 6.07) is 8.36. The number of furan rings is 1. The Morgan fingerprint density at radius 3 is 3.00 bits per heavy atom. The van der Waals surface area contributed by atoms with Gasteiger partial charge in [0.1, 0.15) is 5.76 Å². The minimum atomic E-state index is 0.166. The van der Waals surface area contributed by atoms with E-state index in [4.69, 9.17) is 9.15 Å². The van der Waals surface area contributed by atoms with E-state index in [9.17, 15) is 4.79 Å². The fourth-order valence-electron chi connectivity index (χ4n) is 3.30. The Bertz CT molecular complexity index is 695. The number of amides is 1. The number of carbonyl (C=O) groups excluding carboxylic acids is 1. The molecule has 2 atom stereocenters. The molecule has 3 rings (SSSR count). The van der Waals surface area contributed by atoms with Crippen molar-refractivity contribution in [2.45, 2.75) is 32.9 Å². The van der Waals surface area contributed by atoms with Crippen LogP contribution in [-0.4, -0.2) is 37.0 Å². The van der Waals surface area contributed by atoms with E-state index >= 15 is 0 Å². The molecule has 0 bridgehead atoms. The Morgan fingerprint density at radius 2 is 2.30 bits per heavy atom. The maximum atomic E-state index is 11.5. The molecule has 124 valence electrons. The summed E-state index contributed by atoms with van der Waals surface area (Å²) in [5.74, 6) is 2.27. The van der Waals surface area contributed by atoms with Gasteiger partial charge in [-0.1, -0.05) is 19.1 Å². The zero-order valence-electron chi connectivity index (χ0n) is 14.0. The van der Waals surface area contributed by atoms with Crippen molar-refractivity contribution in [2.75, 3.05) is 20.2 Å². The maximum Gasteiger partial charge on any atom is 0.219 e. The van der Waals surface area contributed by atoms with Crippen molar-refractivity contribution in [3.8, 4) is 5.75 Å². The van der Waals surface area contributed by atoms with Crippen LogP contribution in [0.4, 0.5) is 0 Å². The fourth-order valence-corrected chi connectivity index (χ4v) is 3.30. The minimum absolute atomic E-state index is 0.166. The predicted octanol–water partition coefficient (Wildman–Crippen LogP) is 2.79. The van der Waals surface area contributed by atoms with Gasteiger partial charge in [-0.2, -0.15) is 0 Å². The van der Waals surface area contributed by atoms with Gasteiger partial charge in [-0.05, 0) is 24.5 Å². The minimum Gasteiger partial charge on any atom is -0.493 e. The normalized spacial score (nSPS) is 21.6. The molecule has 1 N–H and O–H groups in total. The average Bonchev–Trinajstić information content (AvgIpc) is 2.96. The second kappa shape index (κ2) is 6.62. The highest BCUT2D eigenvalue weighted by molar-refractivity contribution is 5.83. The van der Waals surface area contributed by atoms with Crippen LogP contribution < -0.4 is 10.1 Å². The topological polar surface area (TPSA) is 54.7 Å². The number of ether oxygens (including phenoxy) is 1. The highest BCUT2D eigenvalue weighted by atomic mass is 16.5. The summed E-state index contributed by atoms with van der Waals surface area (Å²) in [4.78, 5) is 13.4. The van der Waals surface area contributed by atoms with Gasteiger partial charge in [-0.3, -0.25) is 4.79 Å². The number of rotatable bonds is 4. The van der Waals surface area contributed by atoms with Gasteiger partial charge >= 0.3 is 0 Å². The molecule has 1 saturated heterocycles. The molecule has 1 aliphatic heterocycles. The van der Waals surface area contributed by atoms with Crippen molar-refractivity contribution < 1.29 is 13.9 Å². The third kappa shape index (κ3) is 3.34. The Morgan fingerprint density at radius 1 is 1.48 bits per heavy atom. The van der Waals surface area contributed by atoms with Gasteiger partial charge < -0.3 is 19.4 Å². The number of fused-ring (bicyclic) bond motifs is 1. The van der Waals surface area contributed by atoms with Crippen molar-refractivity contribution in [2.24, 2.45) is 5.92 Å². The van der Waals surface area contributed by atoms with Gasteiger partial charge in [0.2, 0.25) is 5.91 Å². The molecule has 1 aliphatic rings. The smallest absolute Gasteiger partial charge is 0.219 e. The molecule has 0 radical (unpaired) electrons. The van der Waals surface area contributed by atoms with Crippen LogP contribution in [-0.2, 0) is 11.3 Å². The molecule has 1 amide bonds. The first-order valence-electron chi connectivity index (χ1n) is 8.13. The van der Waals surface area contributed by atoms with Gasteiger partial charge in [0.15, 0.2) is 11.3 Å². The van der Waals surface area contributed by atoms with Crippen LogP contribution in [0.25, 0.3) is 11.0 Å². The largest absolute Gasteiger partial charge is 0.493 e. The van der Waals surface area contributed by atoms with Gasteiger partial charge in [0.25, 0.3) is 0 Å². The first-order chi connectivity index (χ1) is 11.1. The van der Waals surface area contributed by atoms with Crippen LogP contribution in [0.1, 0.15) is 26.0 Å². The van der Waals surface area contributed by atoms with Crippen molar-refractivity contribution in [3.05, 3.63) is 30.0 Å². The zero-order chi connectivity index (χ0) is 16.4. The Hall–Kier alpha value is -2.01. The number of nitrogens with zero attached hydrogens (tertiary/aromatic N) is 1. The Kier molecular flexibility index (Phi) is 4.57. The molecule has 5 heteroatoms. The number of para-hydroxylation sites is 1. The summed E-state index contributed by atoms with van der Waals surface area (Å²) in [6.45, 7) is 6.16. The summed E-state index contributed by atoms with van der Waals surface area (Å²) in [5.41, 5.74) is 0.797. The zero-order valence-corrected chi connectivity index (χ0v) is 14.0. The van der Waals surface area contributed by atoms with Gasteiger partial charge in [0, 0.05) is 31.4 Å². The van der Waals surface area contributed by atoms with Crippen molar-refractivity contribution in [1.29, 1.82) is 0 Å². The second-order valence-corrected chi connectivity index (χ2v) is 6.31. The lowest BCUT2D eigenvalue weighted by molar-refractivity contribution is -0.130. The molecule has 0 spiro atoms. The third-order valence-electron chi connectivity index (χ3n) is 4.67. The first kappa shape index (κ1) is 15.9. The number of likely N-dealkylation sites (tertiary alicyclic amines) is 1. The van der Waals surface area contributed by atoms with E-state index in [0.717, 1.165) is 42.0 Å². The van der Waals surface area contributed by atoms with Gasteiger partial charge in [0.05, 0.1) is 13.7 Å². The summed E-state index contributed by atoms with van der Waals surface area (Å²) < 4.78 is 11.3. The molecule has 1 aromatic heterocycles.